The standard InChI is InChI=1S/C12H21F5/c1-3-4-5-6-7-10(2)8-9-11(13,14)12(15,16)17/h10H,3-9H2,1-2H3. The van der Waals surface area contributed by atoms with Crippen LogP contribution in [0.1, 0.15) is 58.8 Å². The topological polar surface area (TPSA) is 0 Å². The normalized spacial score (nSPS) is 15.0. The molecule has 0 amide bonds. The fraction of sp³-hybridized carbons (Fsp3) is 1.00. The molecule has 0 aliphatic carbocycles. The average molecular weight is 260 g/mol. The Morgan fingerprint density at radius 1 is 0.882 bits per heavy atom. The van der Waals surface area contributed by atoms with Gasteiger partial charge in [0.15, 0.2) is 0 Å². The predicted octanol–water partition coefficient (Wildman–Crippen LogP) is 5.57. The third-order valence-corrected chi connectivity index (χ3v) is 2.92. The molecule has 0 saturated carbocycles. The second-order valence-electron chi connectivity index (χ2n) is 4.70. The lowest BCUT2D eigenvalue weighted by Crippen LogP contribution is -2.36. The van der Waals surface area contributed by atoms with E-state index in [-0.39, 0.29) is 12.3 Å². The van der Waals surface area contributed by atoms with Crippen LogP contribution in [0.25, 0.3) is 0 Å². The molecule has 104 valence electrons. The Morgan fingerprint density at radius 3 is 1.94 bits per heavy atom. The summed E-state index contributed by atoms with van der Waals surface area (Å²) in [6.45, 7) is 3.80. The van der Waals surface area contributed by atoms with Crippen LogP contribution < -0.4 is 0 Å². The molecule has 0 heterocycles. The summed E-state index contributed by atoms with van der Waals surface area (Å²) in [5.74, 6) is -4.61. The highest BCUT2D eigenvalue weighted by molar-refractivity contribution is 4.76. The van der Waals surface area contributed by atoms with E-state index < -0.39 is 18.5 Å². The highest BCUT2D eigenvalue weighted by atomic mass is 19.4. The van der Waals surface area contributed by atoms with Crippen molar-refractivity contribution in [3.8, 4) is 0 Å². The van der Waals surface area contributed by atoms with E-state index in [0.717, 1.165) is 32.1 Å². The Labute approximate surface area is 99.6 Å². The molecule has 0 aromatic carbocycles. The van der Waals surface area contributed by atoms with Crippen molar-refractivity contribution < 1.29 is 22.0 Å². The second-order valence-corrected chi connectivity index (χ2v) is 4.70. The van der Waals surface area contributed by atoms with Crippen molar-refractivity contribution in [2.24, 2.45) is 5.92 Å². The first-order valence-electron chi connectivity index (χ1n) is 6.15. The summed E-state index contributed by atoms with van der Waals surface area (Å²) in [7, 11) is 0. The van der Waals surface area contributed by atoms with Gasteiger partial charge in [-0.3, -0.25) is 0 Å². The van der Waals surface area contributed by atoms with Gasteiger partial charge in [0.2, 0.25) is 0 Å². The van der Waals surface area contributed by atoms with Crippen molar-refractivity contribution in [2.75, 3.05) is 0 Å². The Balaban J connectivity index is 3.80. The first-order valence-corrected chi connectivity index (χ1v) is 6.15. The molecule has 0 aromatic heterocycles. The van der Waals surface area contributed by atoms with Crippen molar-refractivity contribution >= 4 is 0 Å². The van der Waals surface area contributed by atoms with E-state index in [4.69, 9.17) is 0 Å². The van der Waals surface area contributed by atoms with Gasteiger partial charge in [0, 0.05) is 6.42 Å². The molecule has 0 rings (SSSR count). The maximum atomic E-state index is 12.6. The number of hydrogen-bond acceptors (Lipinski definition) is 0. The third kappa shape index (κ3) is 6.84. The first kappa shape index (κ1) is 16.6. The third-order valence-electron chi connectivity index (χ3n) is 2.92. The Kier molecular flexibility index (Phi) is 7.02. The van der Waals surface area contributed by atoms with Crippen LogP contribution in [0.4, 0.5) is 22.0 Å². The number of halogens is 5. The Hall–Kier alpha value is -0.350. The molecule has 0 aliphatic heterocycles. The Bertz CT molecular complexity index is 198. The molecular formula is C12H21F5. The van der Waals surface area contributed by atoms with Crippen LogP contribution in [-0.4, -0.2) is 12.1 Å². The van der Waals surface area contributed by atoms with E-state index in [9.17, 15) is 22.0 Å². The predicted molar refractivity (Wildman–Crippen MR) is 58.2 cm³/mol. The number of unbranched alkanes of at least 4 members (excludes halogenated alkanes) is 3. The van der Waals surface area contributed by atoms with E-state index in [1.54, 1.807) is 6.92 Å². The molecule has 1 unspecified atom stereocenters. The zero-order valence-electron chi connectivity index (χ0n) is 10.4. The summed E-state index contributed by atoms with van der Waals surface area (Å²) in [6.07, 6.45) is -1.73. The monoisotopic (exact) mass is 260 g/mol. The van der Waals surface area contributed by atoms with Gasteiger partial charge in [0.05, 0.1) is 0 Å². The average Bonchev–Trinajstić information content (AvgIpc) is 2.20. The van der Waals surface area contributed by atoms with E-state index >= 15 is 0 Å². The van der Waals surface area contributed by atoms with Crippen molar-refractivity contribution in [1.82, 2.24) is 0 Å². The molecule has 0 aliphatic rings. The highest BCUT2D eigenvalue weighted by Gasteiger charge is 2.56. The van der Waals surface area contributed by atoms with Gasteiger partial charge in [0.25, 0.3) is 0 Å². The zero-order valence-corrected chi connectivity index (χ0v) is 10.4. The summed E-state index contributed by atoms with van der Waals surface area (Å²) in [6, 6.07) is 0. The molecule has 0 N–H and O–H groups in total. The van der Waals surface area contributed by atoms with Crippen molar-refractivity contribution in [3.63, 3.8) is 0 Å². The SMILES string of the molecule is CCCCCCC(C)CCC(F)(F)C(F)(F)F. The lowest BCUT2D eigenvalue weighted by atomic mass is 9.96. The smallest absolute Gasteiger partial charge is 0.196 e. The van der Waals surface area contributed by atoms with E-state index in [1.165, 1.54) is 0 Å². The molecule has 5 heteroatoms. The number of alkyl halides is 5. The Morgan fingerprint density at radius 2 is 1.47 bits per heavy atom. The summed E-state index contributed by atoms with van der Waals surface area (Å²) in [5.41, 5.74) is 0. The van der Waals surface area contributed by atoms with Gasteiger partial charge in [-0.05, 0) is 12.3 Å². The van der Waals surface area contributed by atoms with Gasteiger partial charge in [-0.15, -0.1) is 0 Å². The van der Waals surface area contributed by atoms with Gasteiger partial charge in [-0.1, -0.05) is 46.0 Å². The molecule has 0 fully saturated rings. The first-order chi connectivity index (χ1) is 7.70. The lowest BCUT2D eigenvalue weighted by Gasteiger charge is -2.21. The molecule has 0 radical (unpaired) electrons. The van der Waals surface area contributed by atoms with Crippen LogP contribution in [0.5, 0.6) is 0 Å². The largest absolute Gasteiger partial charge is 0.453 e. The summed E-state index contributed by atoms with van der Waals surface area (Å²) >= 11 is 0. The molecular weight excluding hydrogens is 239 g/mol. The maximum Gasteiger partial charge on any atom is 0.453 e. The van der Waals surface area contributed by atoms with Crippen LogP contribution in [0.2, 0.25) is 0 Å². The molecule has 0 bridgehead atoms. The van der Waals surface area contributed by atoms with Gasteiger partial charge in [-0.25, -0.2) is 0 Å². The maximum absolute atomic E-state index is 12.6. The number of hydrogen-bond donors (Lipinski definition) is 0. The van der Waals surface area contributed by atoms with Crippen molar-refractivity contribution in [1.29, 1.82) is 0 Å². The zero-order chi connectivity index (χ0) is 13.5. The molecule has 0 aromatic rings. The van der Waals surface area contributed by atoms with Crippen LogP contribution >= 0.6 is 0 Å². The number of rotatable bonds is 8. The minimum atomic E-state index is -5.41. The molecule has 0 saturated heterocycles. The quantitative estimate of drug-likeness (QED) is 0.395. The van der Waals surface area contributed by atoms with Gasteiger partial charge in [-0.2, -0.15) is 22.0 Å². The van der Waals surface area contributed by atoms with E-state index in [2.05, 4.69) is 6.92 Å². The minimum absolute atomic E-state index is 0.0694. The minimum Gasteiger partial charge on any atom is -0.196 e. The van der Waals surface area contributed by atoms with Crippen LogP contribution in [0, 0.1) is 5.92 Å². The van der Waals surface area contributed by atoms with Crippen molar-refractivity contribution in [2.45, 2.75) is 70.9 Å². The van der Waals surface area contributed by atoms with Gasteiger partial charge >= 0.3 is 12.1 Å². The fourth-order valence-corrected chi connectivity index (χ4v) is 1.63. The van der Waals surface area contributed by atoms with E-state index in [0.29, 0.717) is 0 Å². The van der Waals surface area contributed by atoms with Crippen molar-refractivity contribution in [3.05, 3.63) is 0 Å². The summed E-state index contributed by atoms with van der Waals surface area (Å²) in [4.78, 5) is 0. The van der Waals surface area contributed by atoms with Gasteiger partial charge in [0.1, 0.15) is 0 Å². The highest BCUT2D eigenvalue weighted by Crippen LogP contribution is 2.39. The van der Waals surface area contributed by atoms with Crippen LogP contribution in [0.3, 0.4) is 0 Å². The summed E-state index contributed by atoms with van der Waals surface area (Å²) in [5, 5.41) is 0. The lowest BCUT2D eigenvalue weighted by molar-refractivity contribution is -0.285. The van der Waals surface area contributed by atoms with Gasteiger partial charge < -0.3 is 0 Å². The molecule has 17 heavy (non-hydrogen) atoms. The van der Waals surface area contributed by atoms with Crippen LogP contribution in [0.15, 0.2) is 0 Å². The summed E-state index contributed by atoms with van der Waals surface area (Å²) < 4.78 is 60.9. The molecule has 1 atom stereocenters. The molecule has 0 spiro atoms. The molecule has 0 nitrogen and oxygen atoms in total. The fourth-order valence-electron chi connectivity index (χ4n) is 1.63. The van der Waals surface area contributed by atoms with E-state index in [1.807, 2.05) is 0 Å². The second kappa shape index (κ2) is 7.17. The van der Waals surface area contributed by atoms with Crippen LogP contribution in [-0.2, 0) is 0 Å².